The molecule has 1 aliphatic heterocycles. The van der Waals surface area contributed by atoms with Gasteiger partial charge in [0.1, 0.15) is 0 Å². The first-order valence-corrected chi connectivity index (χ1v) is 12.4. The van der Waals surface area contributed by atoms with Gasteiger partial charge in [0.2, 0.25) is 0 Å². The standard InChI is InChI=1S/C33H31NO/c1-20-19-29-32(27-14-10-9-12-25(20)27)35-31-26-13-8-7-11-23(26)15-16-28(31)34(29)30-21(2)17-24(18-22(30)3)33(4,5)6/h7-19H,1-6H3. The number of nitrogens with zero attached hydrogens (tertiary/aromatic N) is 1. The van der Waals surface area contributed by atoms with Gasteiger partial charge in [0.05, 0.1) is 17.1 Å². The lowest BCUT2D eigenvalue weighted by molar-refractivity contribution is 0.488. The van der Waals surface area contributed by atoms with E-state index in [9.17, 15) is 0 Å². The minimum absolute atomic E-state index is 0.0951. The molecule has 1 aliphatic rings. The van der Waals surface area contributed by atoms with E-state index in [4.69, 9.17) is 4.74 Å². The number of rotatable bonds is 1. The van der Waals surface area contributed by atoms with Crippen molar-refractivity contribution >= 4 is 38.6 Å². The first-order chi connectivity index (χ1) is 16.7. The van der Waals surface area contributed by atoms with Crippen molar-refractivity contribution in [3.8, 4) is 11.5 Å². The fourth-order valence-electron chi connectivity index (χ4n) is 5.51. The maximum Gasteiger partial charge on any atom is 0.159 e. The fourth-order valence-corrected chi connectivity index (χ4v) is 5.51. The molecule has 35 heavy (non-hydrogen) atoms. The molecule has 0 fully saturated rings. The van der Waals surface area contributed by atoms with Gasteiger partial charge >= 0.3 is 0 Å². The van der Waals surface area contributed by atoms with E-state index >= 15 is 0 Å². The second kappa shape index (κ2) is 7.61. The van der Waals surface area contributed by atoms with Gasteiger partial charge in [-0.15, -0.1) is 0 Å². The molecular formula is C33H31NO. The van der Waals surface area contributed by atoms with Crippen LogP contribution in [0.5, 0.6) is 11.5 Å². The Balaban J connectivity index is 1.72. The lowest BCUT2D eigenvalue weighted by Gasteiger charge is -2.37. The Morgan fingerprint density at radius 1 is 0.600 bits per heavy atom. The lowest BCUT2D eigenvalue weighted by Crippen LogP contribution is -2.20. The Kier molecular flexibility index (Phi) is 4.73. The Morgan fingerprint density at radius 2 is 1.20 bits per heavy atom. The molecule has 0 unspecified atom stereocenters. The number of aryl methyl sites for hydroxylation is 3. The van der Waals surface area contributed by atoms with Gasteiger partial charge in [-0.25, -0.2) is 0 Å². The van der Waals surface area contributed by atoms with Crippen LogP contribution in [0.15, 0.2) is 78.9 Å². The summed E-state index contributed by atoms with van der Waals surface area (Å²) in [5.74, 6) is 1.84. The van der Waals surface area contributed by atoms with Crippen molar-refractivity contribution in [2.24, 2.45) is 0 Å². The number of hydrogen-bond acceptors (Lipinski definition) is 2. The third kappa shape index (κ3) is 3.31. The van der Waals surface area contributed by atoms with Gasteiger partial charge in [-0.05, 0) is 71.3 Å². The van der Waals surface area contributed by atoms with E-state index in [1.807, 2.05) is 0 Å². The number of hydrogen-bond donors (Lipinski definition) is 0. The van der Waals surface area contributed by atoms with Gasteiger partial charge in [0.25, 0.3) is 0 Å². The van der Waals surface area contributed by atoms with Crippen molar-refractivity contribution in [1.29, 1.82) is 0 Å². The predicted molar refractivity (Wildman–Crippen MR) is 149 cm³/mol. The van der Waals surface area contributed by atoms with Crippen LogP contribution < -0.4 is 9.64 Å². The molecule has 0 aliphatic carbocycles. The summed E-state index contributed by atoms with van der Waals surface area (Å²) >= 11 is 0. The van der Waals surface area contributed by atoms with Gasteiger partial charge in [0, 0.05) is 10.8 Å². The summed E-state index contributed by atoms with van der Waals surface area (Å²) in [4.78, 5) is 2.43. The average molecular weight is 458 g/mol. The number of anilines is 3. The zero-order valence-corrected chi connectivity index (χ0v) is 21.4. The maximum atomic E-state index is 6.83. The molecule has 5 aromatic carbocycles. The lowest BCUT2D eigenvalue weighted by atomic mass is 9.84. The first-order valence-electron chi connectivity index (χ1n) is 12.4. The molecule has 0 N–H and O–H groups in total. The molecule has 6 rings (SSSR count). The normalized spacial score (nSPS) is 13.0. The Morgan fingerprint density at radius 3 is 1.89 bits per heavy atom. The largest absolute Gasteiger partial charge is 0.452 e. The quantitative estimate of drug-likeness (QED) is 0.244. The molecule has 0 amide bonds. The predicted octanol–water partition coefficient (Wildman–Crippen LogP) is 9.79. The molecule has 0 radical (unpaired) electrons. The SMILES string of the molecule is Cc1cc(C(C)(C)C)cc(C)c1N1c2ccc3ccccc3c2Oc2c1cc(C)c1ccccc21. The summed E-state index contributed by atoms with van der Waals surface area (Å²) in [5.41, 5.74) is 8.66. The average Bonchev–Trinajstić information content (AvgIpc) is 2.83. The molecule has 0 saturated carbocycles. The Bertz CT molecular complexity index is 1610. The van der Waals surface area contributed by atoms with Crippen LogP contribution in [-0.2, 0) is 5.41 Å². The highest BCUT2D eigenvalue weighted by atomic mass is 16.5. The Hall–Kier alpha value is -3.78. The van der Waals surface area contributed by atoms with Gasteiger partial charge in [-0.1, -0.05) is 87.5 Å². The Labute approximate surface area is 207 Å². The van der Waals surface area contributed by atoms with Crippen LogP contribution in [0.4, 0.5) is 17.1 Å². The van der Waals surface area contributed by atoms with Crippen LogP contribution in [0.25, 0.3) is 21.5 Å². The van der Waals surface area contributed by atoms with Gasteiger partial charge in [-0.2, -0.15) is 0 Å². The monoisotopic (exact) mass is 457 g/mol. The van der Waals surface area contributed by atoms with Crippen molar-refractivity contribution in [1.82, 2.24) is 0 Å². The summed E-state index contributed by atoms with van der Waals surface area (Å²) in [6, 6.07) is 28.5. The third-order valence-corrected chi connectivity index (χ3v) is 7.31. The van der Waals surface area contributed by atoms with E-state index in [1.165, 1.54) is 38.7 Å². The van der Waals surface area contributed by atoms with Gasteiger partial charge in [-0.3, -0.25) is 0 Å². The second-order valence-corrected chi connectivity index (χ2v) is 10.9. The minimum atomic E-state index is 0.0951. The van der Waals surface area contributed by atoms with Crippen LogP contribution in [0.3, 0.4) is 0 Å². The van der Waals surface area contributed by atoms with E-state index in [-0.39, 0.29) is 5.41 Å². The highest BCUT2D eigenvalue weighted by Crippen LogP contribution is 2.56. The van der Waals surface area contributed by atoms with Crippen molar-refractivity contribution in [2.75, 3.05) is 4.90 Å². The molecule has 0 atom stereocenters. The topological polar surface area (TPSA) is 12.5 Å². The molecule has 5 aromatic rings. The molecule has 2 heteroatoms. The summed E-state index contributed by atoms with van der Waals surface area (Å²) in [5, 5.41) is 4.69. The fraction of sp³-hybridized carbons (Fsp3) is 0.212. The minimum Gasteiger partial charge on any atom is -0.452 e. The number of benzene rings is 5. The second-order valence-electron chi connectivity index (χ2n) is 10.9. The molecule has 0 aromatic heterocycles. The summed E-state index contributed by atoms with van der Waals surface area (Å²) in [7, 11) is 0. The van der Waals surface area contributed by atoms with Crippen molar-refractivity contribution in [2.45, 2.75) is 47.0 Å². The van der Waals surface area contributed by atoms with Crippen LogP contribution in [0, 0.1) is 20.8 Å². The van der Waals surface area contributed by atoms with Gasteiger partial charge < -0.3 is 9.64 Å². The van der Waals surface area contributed by atoms with Crippen LogP contribution in [0.2, 0.25) is 0 Å². The van der Waals surface area contributed by atoms with Crippen LogP contribution in [0.1, 0.15) is 43.0 Å². The van der Waals surface area contributed by atoms with Crippen molar-refractivity contribution < 1.29 is 4.74 Å². The summed E-state index contributed by atoms with van der Waals surface area (Å²) in [6.45, 7) is 13.5. The third-order valence-electron chi connectivity index (χ3n) is 7.31. The maximum absolute atomic E-state index is 6.83. The van der Waals surface area contributed by atoms with E-state index in [2.05, 4.69) is 125 Å². The van der Waals surface area contributed by atoms with Crippen molar-refractivity contribution in [3.05, 3.63) is 101 Å². The van der Waals surface area contributed by atoms with Crippen LogP contribution in [-0.4, -0.2) is 0 Å². The molecule has 0 saturated heterocycles. The highest BCUT2D eigenvalue weighted by Gasteiger charge is 2.31. The van der Waals surface area contributed by atoms with E-state index in [0.29, 0.717) is 0 Å². The molecule has 0 spiro atoms. The smallest absolute Gasteiger partial charge is 0.159 e. The first kappa shape index (κ1) is 21.7. The molecule has 0 bridgehead atoms. The van der Waals surface area contributed by atoms with E-state index < -0.39 is 0 Å². The molecule has 174 valence electrons. The van der Waals surface area contributed by atoms with E-state index in [1.54, 1.807) is 0 Å². The summed E-state index contributed by atoms with van der Waals surface area (Å²) < 4.78 is 6.83. The number of fused-ring (bicyclic) bond motifs is 6. The van der Waals surface area contributed by atoms with E-state index in [0.717, 1.165) is 33.6 Å². The molecule has 2 nitrogen and oxygen atoms in total. The highest BCUT2D eigenvalue weighted by molar-refractivity contribution is 6.05. The zero-order valence-electron chi connectivity index (χ0n) is 21.4. The van der Waals surface area contributed by atoms with Crippen molar-refractivity contribution in [3.63, 3.8) is 0 Å². The molecular weight excluding hydrogens is 426 g/mol. The zero-order chi connectivity index (χ0) is 24.5. The summed E-state index contributed by atoms with van der Waals surface area (Å²) in [6.07, 6.45) is 0. The van der Waals surface area contributed by atoms with Crippen LogP contribution >= 0.6 is 0 Å². The molecule has 1 heterocycles. The van der Waals surface area contributed by atoms with Gasteiger partial charge in [0.15, 0.2) is 11.5 Å². The number of ether oxygens (including phenoxy) is 1.